The molecule has 0 bridgehead atoms. The molecule has 0 unspecified atom stereocenters. The van der Waals surface area contributed by atoms with Crippen LogP contribution in [0.15, 0.2) is 42.5 Å². The smallest absolute Gasteiger partial charge is 0.348 e. The summed E-state index contributed by atoms with van der Waals surface area (Å²) in [5.74, 6) is -9.45. The SMILES string of the molecule is [B]N(C(=O)C(F)(F)c1ccc(Cl)cc1)C([B])([B])c1ccc2c(c1)CN([C@@]1([B])C(=O)NC(=O)C([B])([B])C1([B])[B])C2=O. The van der Waals surface area contributed by atoms with Gasteiger partial charge in [-0.2, -0.15) is 8.78 Å². The van der Waals surface area contributed by atoms with Crippen LogP contribution in [0.4, 0.5) is 8.78 Å². The van der Waals surface area contributed by atoms with Gasteiger partial charge >= 0.3 is 5.92 Å². The number of benzene rings is 2. The highest BCUT2D eigenvalue weighted by Gasteiger charge is 2.63. The fraction of sp³-hybridized carbons (Fsp3) is 0.273. The van der Waals surface area contributed by atoms with Gasteiger partial charge in [0.2, 0.25) is 19.8 Å². The van der Waals surface area contributed by atoms with E-state index in [1.54, 1.807) is 0 Å². The molecule has 2 heterocycles. The average Bonchev–Trinajstić information content (AvgIpc) is 3.22. The van der Waals surface area contributed by atoms with E-state index in [9.17, 15) is 28.0 Å². The number of imide groups is 1. The maximum atomic E-state index is 15.0. The molecule has 0 aliphatic carbocycles. The lowest BCUT2D eigenvalue weighted by atomic mass is 9.21. The first kappa shape index (κ1) is 30.2. The summed E-state index contributed by atoms with van der Waals surface area (Å²) < 4.78 is 29.9. The first-order valence-electron chi connectivity index (χ1n) is 11.3. The minimum atomic E-state index is -4.15. The summed E-state index contributed by atoms with van der Waals surface area (Å²) in [6, 6.07) is 7.69. The molecule has 2 aliphatic heterocycles. The van der Waals surface area contributed by atoms with E-state index < -0.39 is 62.9 Å². The lowest BCUT2D eigenvalue weighted by Crippen LogP contribution is -2.75. The first-order chi connectivity index (χ1) is 18.2. The van der Waals surface area contributed by atoms with Crippen LogP contribution in [-0.4, -0.2) is 102 Å². The van der Waals surface area contributed by atoms with Gasteiger partial charge in [0.25, 0.3) is 11.8 Å². The van der Waals surface area contributed by atoms with Gasteiger partial charge < -0.3 is 9.71 Å². The highest BCUT2D eigenvalue weighted by atomic mass is 35.5. The van der Waals surface area contributed by atoms with Gasteiger partial charge in [-0.1, -0.05) is 41.1 Å². The number of halogens is 3. The van der Waals surface area contributed by atoms with Crippen LogP contribution in [0.2, 0.25) is 15.5 Å². The molecule has 40 heavy (non-hydrogen) atoms. The highest BCUT2D eigenvalue weighted by Crippen LogP contribution is 2.55. The Kier molecular flexibility index (Phi) is 7.06. The molecular weight excluding hydrogens is 530 g/mol. The molecule has 2 aromatic rings. The van der Waals surface area contributed by atoms with E-state index in [4.69, 9.17) is 74.5 Å². The Hall–Kier alpha value is -2.81. The number of piperidine rings is 1. The molecule has 1 fully saturated rings. The van der Waals surface area contributed by atoms with Crippen molar-refractivity contribution in [3.05, 3.63) is 69.7 Å². The van der Waals surface area contributed by atoms with Crippen LogP contribution in [0.1, 0.15) is 27.0 Å². The van der Waals surface area contributed by atoms with Crippen LogP contribution in [0.25, 0.3) is 0 Å². The Morgan fingerprint density at radius 1 is 0.950 bits per heavy atom. The van der Waals surface area contributed by atoms with Crippen molar-refractivity contribution in [3.63, 3.8) is 0 Å². The largest absolute Gasteiger partial charge is 0.398 e. The summed E-state index contributed by atoms with van der Waals surface area (Å²) in [5.41, 5.74) is -3.48. The van der Waals surface area contributed by atoms with Crippen LogP contribution >= 0.6 is 11.6 Å². The van der Waals surface area contributed by atoms with E-state index in [-0.39, 0.29) is 26.5 Å². The van der Waals surface area contributed by atoms with Crippen molar-refractivity contribution in [2.75, 3.05) is 0 Å². The standard InChI is InChI=1S/C22H10B8ClF2N3O4/c23-19(24)15(38)34-16(39)20(25,22(19,28)29)35-8-9-7-11(3-6-13(9)14(35)37)21(26,27)36(30)17(40)18(32,33)10-1-4-12(31)5-2-10/h1-7H,8H2,(H,34,38,39)/t20-/m0/s1. The lowest BCUT2D eigenvalue weighted by Gasteiger charge is -2.60. The molecule has 0 aromatic heterocycles. The van der Waals surface area contributed by atoms with E-state index in [1.807, 2.05) is 5.32 Å². The predicted octanol–water partition coefficient (Wildman–Crippen LogP) is -1.13. The number of amides is 4. The van der Waals surface area contributed by atoms with Crippen molar-refractivity contribution >= 4 is 98.1 Å². The number of nitrogens with zero attached hydrogens (tertiary/aromatic N) is 2. The van der Waals surface area contributed by atoms with Gasteiger partial charge in [0.1, 0.15) is 7.85 Å². The summed E-state index contributed by atoms with van der Waals surface area (Å²) in [6.07, 6.45) is 0. The number of nitrogens with one attached hydrogen (secondary N) is 1. The van der Waals surface area contributed by atoms with Crippen molar-refractivity contribution in [3.8, 4) is 0 Å². The third kappa shape index (κ3) is 4.10. The number of hydrogen-bond acceptors (Lipinski definition) is 4. The zero-order valence-electron chi connectivity index (χ0n) is 20.5. The van der Waals surface area contributed by atoms with Crippen LogP contribution < -0.4 is 5.32 Å². The number of carbonyl (C=O) groups is 4. The maximum absolute atomic E-state index is 15.0. The van der Waals surface area contributed by atoms with Gasteiger partial charge in [0.15, 0.2) is 0 Å². The highest BCUT2D eigenvalue weighted by molar-refractivity contribution is 6.66. The Labute approximate surface area is 244 Å². The molecule has 0 spiro atoms. The van der Waals surface area contributed by atoms with Crippen molar-refractivity contribution in [2.45, 2.75) is 33.7 Å². The zero-order valence-corrected chi connectivity index (χ0v) is 21.3. The summed E-state index contributed by atoms with van der Waals surface area (Å²) in [6.45, 7) is -0.470. The second kappa shape index (κ2) is 9.36. The summed E-state index contributed by atoms with van der Waals surface area (Å²) in [5, 5.41) is -5.77. The van der Waals surface area contributed by atoms with Crippen LogP contribution in [0.3, 0.4) is 0 Å². The molecule has 4 rings (SSSR count). The molecule has 16 radical (unpaired) electrons. The molecule has 2 aliphatic rings. The van der Waals surface area contributed by atoms with Crippen molar-refractivity contribution in [1.29, 1.82) is 0 Å². The van der Waals surface area contributed by atoms with Crippen molar-refractivity contribution < 1.29 is 28.0 Å². The second-order valence-electron chi connectivity index (χ2n) is 9.63. The lowest BCUT2D eigenvalue weighted by molar-refractivity contribution is -0.155. The topological polar surface area (TPSA) is 86.8 Å². The fourth-order valence-electron chi connectivity index (χ4n) is 4.43. The Morgan fingerprint density at radius 3 is 2.08 bits per heavy atom. The molecule has 4 amide bonds. The molecule has 0 saturated carbocycles. The summed E-state index contributed by atoms with van der Waals surface area (Å²) in [4.78, 5) is 51.7. The van der Waals surface area contributed by atoms with Crippen LogP contribution in [-0.2, 0) is 32.2 Å². The normalized spacial score (nSPS) is 22.0. The minimum absolute atomic E-state index is 0.0501. The van der Waals surface area contributed by atoms with Crippen molar-refractivity contribution in [1.82, 2.24) is 15.0 Å². The third-order valence-corrected chi connectivity index (χ3v) is 7.41. The van der Waals surface area contributed by atoms with Gasteiger partial charge in [-0.3, -0.25) is 24.5 Å². The summed E-state index contributed by atoms with van der Waals surface area (Å²) >= 11 is 5.72. The Balaban J connectivity index is 1.67. The van der Waals surface area contributed by atoms with Gasteiger partial charge in [0, 0.05) is 22.7 Å². The summed E-state index contributed by atoms with van der Waals surface area (Å²) in [7, 11) is 47.6. The van der Waals surface area contributed by atoms with Gasteiger partial charge in [-0.25, -0.2) is 0 Å². The average molecular weight is 540 g/mol. The molecule has 18 heteroatoms. The van der Waals surface area contributed by atoms with E-state index in [2.05, 4.69) is 0 Å². The monoisotopic (exact) mass is 541 g/mol. The molecule has 1 atom stereocenters. The number of hydrogen-bond donors (Lipinski definition) is 1. The van der Waals surface area contributed by atoms with E-state index in [1.165, 1.54) is 12.1 Å². The second-order valence-corrected chi connectivity index (χ2v) is 10.1. The fourth-order valence-corrected chi connectivity index (χ4v) is 4.56. The molecular formula is C22H10B8ClF2N3O4. The molecule has 7 nitrogen and oxygen atoms in total. The van der Waals surface area contributed by atoms with E-state index in [0.717, 1.165) is 35.2 Å². The van der Waals surface area contributed by atoms with E-state index in [0.29, 0.717) is 0 Å². The minimum Gasteiger partial charge on any atom is -0.398 e. The van der Waals surface area contributed by atoms with Gasteiger partial charge in [-0.15, -0.1) is 0 Å². The molecule has 1 N–H and O–H groups in total. The Morgan fingerprint density at radius 2 is 1.50 bits per heavy atom. The number of rotatable bonds is 5. The molecule has 182 valence electrons. The number of fused-ring (bicyclic) bond motifs is 1. The Bertz CT molecular complexity index is 1460. The van der Waals surface area contributed by atoms with Gasteiger partial charge in [0.05, 0.1) is 52.5 Å². The first-order valence-corrected chi connectivity index (χ1v) is 11.7. The number of alkyl halides is 2. The van der Waals surface area contributed by atoms with Crippen molar-refractivity contribution in [2.24, 2.45) is 0 Å². The molecule has 2 aromatic carbocycles. The molecule has 1 saturated heterocycles. The van der Waals surface area contributed by atoms with Gasteiger partial charge in [-0.05, 0) is 39.9 Å². The van der Waals surface area contributed by atoms with Crippen LogP contribution in [0, 0.1) is 0 Å². The van der Waals surface area contributed by atoms with E-state index >= 15 is 0 Å². The maximum Gasteiger partial charge on any atom is 0.348 e. The predicted molar refractivity (Wildman–Crippen MR) is 147 cm³/mol. The third-order valence-electron chi connectivity index (χ3n) is 7.15. The van der Waals surface area contributed by atoms with Crippen LogP contribution in [0.5, 0.6) is 0 Å². The quantitative estimate of drug-likeness (QED) is 0.385. The zero-order chi connectivity index (χ0) is 30.2. The number of carbonyl (C=O) groups excluding carboxylic acids is 4.